The first-order valence-corrected chi connectivity index (χ1v) is 8.51. The van der Waals surface area contributed by atoms with E-state index in [1.165, 1.54) is 25.3 Å². The number of furan rings is 1. The van der Waals surface area contributed by atoms with Crippen LogP contribution >= 0.6 is 11.8 Å². The third-order valence-electron chi connectivity index (χ3n) is 3.74. The zero-order valence-electron chi connectivity index (χ0n) is 14.3. The van der Waals surface area contributed by atoms with Crippen LogP contribution in [0.4, 0.5) is 10.5 Å². The topological polar surface area (TPSA) is 140 Å². The number of non-ortho nitro benzene ring substituents is 1. The molecule has 0 spiro atoms. The third-order valence-corrected chi connectivity index (χ3v) is 4.65. The number of phenols is 1. The molecule has 10 nitrogen and oxygen atoms in total. The van der Waals surface area contributed by atoms with Crippen molar-refractivity contribution >= 4 is 40.6 Å². The normalized spacial score (nSPS) is 15.3. The zero-order valence-corrected chi connectivity index (χ0v) is 15.1. The van der Waals surface area contributed by atoms with Crippen LogP contribution in [0.1, 0.15) is 21.9 Å². The van der Waals surface area contributed by atoms with E-state index in [9.17, 15) is 29.6 Å². The smallest absolute Gasteiger partial charge is 0.373 e. The minimum Gasteiger partial charge on any atom is -0.507 e. The van der Waals surface area contributed by atoms with Crippen LogP contribution in [0.5, 0.6) is 5.75 Å². The van der Waals surface area contributed by atoms with Gasteiger partial charge >= 0.3 is 5.97 Å². The van der Waals surface area contributed by atoms with Crippen LogP contribution in [0.25, 0.3) is 6.08 Å². The van der Waals surface area contributed by atoms with E-state index in [1.54, 1.807) is 0 Å². The number of amides is 2. The molecule has 3 rings (SSSR count). The molecule has 0 radical (unpaired) electrons. The van der Waals surface area contributed by atoms with Crippen molar-refractivity contribution in [2.45, 2.75) is 6.54 Å². The molecule has 0 atom stereocenters. The second kappa shape index (κ2) is 7.56. The van der Waals surface area contributed by atoms with Crippen LogP contribution in [-0.2, 0) is 16.1 Å². The van der Waals surface area contributed by atoms with Gasteiger partial charge in [0.15, 0.2) is 0 Å². The van der Waals surface area contributed by atoms with E-state index in [2.05, 4.69) is 4.74 Å². The molecule has 1 aliphatic rings. The predicted octanol–water partition coefficient (Wildman–Crippen LogP) is 2.92. The van der Waals surface area contributed by atoms with E-state index in [0.717, 1.165) is 23.1 Å². The van der Waals surface area contributed by atoms with Crippen molar-refractivity contribution in [2.24, 2.45) is 0 Å². The van der Waals surface area contributed by atoms with Gasteiger partial charge in [0.05, 0.1) is 23.5 Å². The fraction of sp³-hybridized carbons (Fsp3) is 0.118. The Morgan fingerprint density at radius 2 is 2.11 bits per heavy atom. The number of carbonyl (C=O) groups is 3. The van der Waals surface area contributed by atoms with Crippen LogP contribution < -0.4 is 0 Å². The van der Waals surface area contributed by atoms with Gasteiger partial charge in [-0.3, -0.25) is 24.6 Å². The molecule has 28 heavy (non-hydrogen) atoms. The maximum atomic E-state index is 12.5. The molecule has 1 fully saturated rings. The summed E-state index contributed by atoms with van der Waals surface area (Å²) in [6.07, 6.45) is 1.20. The number of rotatable bonds is 5. The van der Waals surface area contributed by atoms with Gasteiger partial charge in [-0.2, -0.15) is 0 Å². The predicted molar refractivity (Wildman–Crippen MR) is 96.3 cm³/mol. The number of esters is 1. The molecular weight excluding hydrogens is 392 g/mol. The average molecular weight is 404 g/mol. The van der Waals surface area contributed by atoms with E-state index >= 15 is 0 Å². The van der Waals surface area contributed by atoms with Gasteiger partial charge in [-0.15, -0.1) is 0 Å². The summed E-state index contributed by atoms with van der Waals surface area (Å²) in [7, 11) is 1.19. The fourth-order valence-corrected chi connectivity index (χ4v) is 3.21. The van der Waals surface area contributed by atoms with Crippen molar-refractivity contribution in [1.82, 2.24) is 4.90 Å². The second-order valence-corrected chi connectivity index (χ2v) is 6.52. The Bertz CT molecular complexity index is 1030. The van der Waals surface area contributed by atoms with Gasteiger partial charge in [-0.25, -0.2) is 4.79 Å². The molecule has 1 aromatic heterocycles. The second-order valence-electron chi connectivity index (χ2n) is 5.53. The average Bonchev–Trinajstić information content (AvgIpc) is 3.23. The number of imide groups is 1. The van der Waals surface area contributed by atoms with Crippen LogP contribution in [0.2, 0.25) is 0 Å². The summed E-state index contributed by atoms with van der Waals surface area (Å²) in [5, 5.41) is 20.1. The Balaban J connectivity index is 1.83. The number of nitro groups is 1. The monoisotopic (exact) mass is 404 g/mol. The van der Waals surface area contributed by atoms with E-state index in [4.69, 9.17) is 4.42 Å². The molecule has 0 saturated carbocycles. The quantitative estimate of drug-likeness (QED) is 0.344. The number of phenolic OH excluding ortho intramolecular Hbond substituents is 1. The molecule has 2 aromatic rings. The number of aromatic hydroxyl groups is 1. The SMILES string of the molecule is COC(=O)c1ccc(CN2C(=O)S/C(=C/c3cc([N+](=O)[O-])ccc3O)C2=O)o1. The maximum Gasteiger partial charge on any atom is 0.373 e. The van der Waals surface area contributed by atoms with E-state index < -0.39 is 22.0 Å². The Hall–Kier alpha value is -3.60. The van der Waals surface area contributed by atoms with E-state index in [0.29, 0.717) is 11.8 Å². The van der Waals surface area contributed by atoms with Gasteiger partial charge in [0.2, 0.25) is 5.76 Å². The summed E-state index contributed by atoms with van der Waals surface area (Å²) >= 11 is 0.621. The molecule has 2 amide bonds. The standard InChI is InChI=1S/C17H12N2O8S/c1-26-16(22)13-5-3-11(27-13)8-18-15(21)14(28-17(18)23)7-9-6-10(19(24)25)2-4-12(9)20/h2-7,20H,8H2,1H3/b14-7+. The Morgan fingerprint density at radius 1 is 1.36 bits per heavy atom. The first-order valence-electron chi connectivity index (χ1n) is 7.70. The van der Waals surface area contributed by atoms with Crippen LogP contribution in [0.15, 0.2) is 39.7 Å². The van der Waals surface area contributed by atoms with Crippen LogP contribution in [0, 0.1) is 10.1 Å². The summed E-state index contributed by atoms with van der Waals surface area (Å²) in [6.45, 7) is -0.208. The number of methoxy groups -OCH3 is 1. The van der Waals surface area contributed by atoms with Gasteiger partial charge in [0, 0.05) is 17.7 Å². The summed E-state index contributed by atoms with van der Waals surface area (Å²) in [5.74, 6) is -1.49. The highest BCUT2D eigenvalue weighted by Gasteiger charge is 2.36. The van der Waals surface area contributed by atoms with Gasteiger partial charge in [-0.05, 0) is 36.0 Å². The molecule has 2 heterocycles. The highest BCUT2D eigenvalue weighted by atomic mass is 32.2. The molecule has 0 unspecified atom stereocenters. The molecule has 0 aliphatic carbocycles. The fourth-order valence-electron chi connectivity index (χ4n) is 2.38. The van der Waals surface area contributed by atoms with Crippen molar-refractivity contribution in [2.75, 3.05) is 7.11 Å². The number of thioether (sulfide) groups is 1. The number of ether oxygens (including phenoxy) is 1. The Morgan fingerprint density at radius 3 is 2.79 bits per heavy atom. The molecule has 1 saturated heterocycles. The number of benzene rings is 1. The number of hydrogen-bond donors (Lipinski definition) is 1. The first-order chi connectivity index (χ1) is 13.3. The maximum absolute atomic E-state index is 12.5. The van der Waals surface area contributed by atoms with Crippen molar-refractivity contribution < 1.29 is 33.6 Å². The lowest BCUT2D eigenvalue weighted by molar-refractivity contribution is -0.384. The number of hydrogen-bond acceptors (Lipinski definition) is 9. The van der Waals surface area contributed by atoms with Crippen molar-refractivity contribution in [3.8, 4) is 5.75 Å². The van der Waals surface area contributed by atoms with E-state index in [1.807, 2.05) is 0 Å². The Labute approximate surface area is 161 Å². The first kappa shape index (κ1) is 19.2. The molecular formula is C17H12N2O8S. The van der Waals surface area contributed by atoms with Crippen LogP contribution in [-0.4, -0.2) is 39.2 Å². The van der Waals surface area contributed by atoms with Crippen molar-refractivity contribution in [3.05, 3.63) is 62.4 Å². The van der Waals surface area contributed by atoms with E-state index in [-0.39, 0.29) is 40.0 Å². The lowest BCUT2D eigenvalue weighted by Gasteiger charge is -2.09. The molecule has 144 valence electrons. The van der Waals surface area contributed by atoms with Gasteiger partial charge < -0.3 is 14.3 Å². The lowest BCUT2D eigenvalue weighted by atomic mass is 10.1. The van der Waals surface area contributed by atoms with Crippen molar-refractivity contribution in [3.63, 3.8) is 0 Å². The van der Waals surface area contributed by atoms with Gasteiger partial charge in [0.25, 0.3) is 16.8 Å². The summed E-state index contributed by atoms with van der Waals surface area (Å²) in [5.41, 5.74) is -0.236. The van der Waals surface area contributed by atoms with Gasteiger partial charge in [0.1, 0.15) is 11.5 Å². The highest BCUT2D eigenvalue weighted by molar-refractivity contribution is 8.18. The number of nitrogens with zero attached hydrogens (tertiary/aromatic N) is 2. The largest absolute Gasteiger partial charge is 0.507 e. The molecule has 0 bridgehead atoms. The third kappa shape index (κ3) is 3.74. The number of nitro benzene ring substituents is 1. The minimum absolute atomic E-state index is 0.0134. The van der Waals surface area contributed by atoms with Crippen molar-refractivity contribution in [1.29, 1.82) is 0 Å². The molecule has 11 heteroatoms. The highest BCUT2D eigenvalue weighted by Crippen LogP contribution is 2.35. The van der Waals surface area contributed by atoms with Crippen LogP contribution in [0.3, 0.4) is 0 Å². The Kier molecular flexibility index (Phi) is 5.18. The zero-order chi connectivity index (χ0) is 20.4. The summed E-state index contributed by atoms with van der Waals surface area (Å²) < 4.78 is 9.76. The molecule has 1 aromatic carbocycles. The molecule has 1 aliphatic heterocycles. The minimum atomic E-state index is -0.693. The molecule has 1 N–H and O–H groups in total. The lowest BCUT2D eigenvalue weighted by Crippen LogP contribution is -2.27. The van der Waals surface area contributed by atoms with Gasteiger partial charge in [-0.1, -0.05) is 0 Å². The summed E-state index contributed by atoms with van der Waals surface area (Å²) in [6, 6.07) is 6.14. The number of carbonyl (C=O) groups excluding carboxylic acids is 3. The summed E-state index contributed by atoms with van der Waals surface area (Å²) in [4.78, 5) is 47.2.